The van der Waals surface area contributed by atoms with E-state index in [2.05, 4.69) is 49.8 Å². The topological polar surface area (TPSA) is 103 Å². The second kappa shape index (κ2) is 12.5. The van der Waals surface area contributed by atoms with Crippen LogP contribution in [0.15, 0.2) is 35.1 Å². The van der Waals surface area contributed by atoms with Crippen molar-refractivity contribution in [2.45, 2.75) is 69.7 Å². The maximum Gasteiger partial charge on any atom is 0.411 e. The fourth-order valence-electron chi connectivity index (χ4n) is 4.89. The summed E-state index contributed by atoms with van der Waals surface area (Å²) in [5.41, 5.74) is -0.197. The molecule has 3 rings (SSSR count). The largest absolute Gasteiger partial charge is 0.453 e. The van der Waals surface area contributed by atoms with Gasteiger partial charge in [0.2, 0.25) is 5.79 Å². The minimum atomic E-state index is -2.32. The molecule has 0 aromatic carbocycles. The quantitative estimate of drug-likeness (QED) is 0.352. The van der Waals surface area contributed by atoms with Gasteiger partial charge in [-0.05, 0) is 30.3 Å². The fraction of sp³-hybridized carbons (Fsp3) is 0.556. The molecule has 1 saturated heterocycles. The standard InChI is InChI=1S/C27H35NO7SSi/c1-6-37(7-2,8-3)35-26-15-12-10-9-11-13-22(30)23(21(26)14-18-36-20(4)29)24(28-25(31)32-5)27(19-26)33-16-17-34-27/h9-10,14,22,30H,6-8,16-19H2,1-5H3,(H,28,31)/b10-9-,21-14+/t22-,26-/m0/s1. The Morgan fingerprint density at radius 2 is 1.86 bits per heavy atom. The van der Waals surface area contributed by atoms with Gasteiger partial charge in [0.05, 0.1) is 32.4 Å². The molecule has 1 heterocycles. The third-order valence-electron chi connectivity index (χ3n) is 6.94. The van der Waals surface area contributed by atoms with Crippen molar-refractivity contribution in [2.75, 3.05) is 26.1 Å². The van der Waals surface area contributed by atoms with Crippen LogP contribution >= 0.6 is 11.8 Å². The summed E-state index contributed by atoms with van der Waals surface area (Å²) in [4.78, 5) is 24.3. The van der Waals surface area contributed by atoms with E-state index in [0.717, 1.165) is 29.9 Å². The Labute approximate surface area is 224 Å². The molecule has 10 heteroatoms. The number of allylic oxidation sites excluding steroid dienone is 2. The molecule has 1 fully saturated rings. The molecule has 2 aliphatic carbocycles. The van der Waals surface area contributed by atoms with Crippen molar-refractivity contribution >= 4 is 31.3 Å². The van der Waals surface area contributed by atoms with E-state index in [1.807, 2.05) is 6.08 Å². The highest BCUT2D eigenvalue weighted by atomic mass is 32.2. The number of thioether (sulfide) groups is 1. The molecule has 8 nitrogen and oxygen atoms in total. The van der Waals surface area contributed by atoms with Crippen LogP contribution < -0.4 is 5.32 Å². The predicted molar refractivity (Wildman–Crippen MR) is 145 cm³/mol. The van der Waals surface area contributed by atoms with E-state index in [9.17, 15) is 14.7 Å². The van der Waals surface area contributed by atoms with E-state index in [1.165, 1.54) is 14.0 Å². The lowest BCUT2D eigenvalue weighted by Crippen LogP contribution is -2.58. The molecular formula is C27H35NO7SSi. The molecule has 0 radical (unpaired) electrons. The highest BCUT2D eigenvalue weighted by Gasteiger charge is 2.59. The van der Waals surface area contributed by atoms with Gasteiger partial charge in [0, 0.05) is 23.8 Å². The number of rotatable bonds is 8. The van der Waals surface area contributed by atoms with Gasteiger partial charge >= 0.3 is 6.09 Å². The van der Waals surface area contributed by atoms with E-state index >= 15 is 0 Å². The van der Waals surface area contributed by atoms with Crippen LogP contribution in [0.25, 0.3) is 0 Å². The van der Waals surface area contributed by atoms with Gasteiger partial charge in [-0.15, -0.1) is 0 Å². The third-order valence-corrected chi connectivity index (χ3v) is 12.3. The Morgan fingerprint density at radius 3 is 2.46 bits per heavy atom. The van der Waals surface area contributed by atoms with Crippen LogP contribution in [0.1, 0.15) is 34.1 Å². The number of aliphatic hydroxyl groups excluding tert-OH is 1. The number of alkyl carbamates (subject to hydrolysis) is 1. The number of methoxy groups -OCH3 is 1. The first-order chi connectivity index (χ1) is 17.7. The van der Waals surface area contributed by atoms with E-state index < -0.39 is 31.9 Å². The summed E-state index contributed by atoms with van der Waals surface area (Å²) in [5, 5.41) is 14.1. The van der Waals surface area contributed by atoms with Gasteiger partial charge in [0.15, 0.2) is 13.4 Å². The average molecular weight is 546 g/mol. The molecule has 2 atom stereocenters. The smallest absolute Gasteiger partial charge is 0.411 e. The molecule has 0 saturated carbocycles. The lowest BCUT2D eigenvalue weighted by molar-refractivity contribution is -0.159. The van der Waals surface area contributed by atoms with Crippen LogP contribution in [0, 0.1) is 23.7 Å². The Morgan fingerprint density at radius 1 is 1.22 bits per heavy atom. The van der Waals surface area contributed by atoms with E-state index in [-0.39, 0.29) is 36.0 Å². The van der Waals surface area contributed by atoms with Gasteiger partial charge in [0.25, 0.3) is 0 Å². The van der Waals surface area contributed by atoms with Crippen LogP contribution in [0.4, 0.5) is 4.79 Å². The molecular weight excluding hydrogens is 510 g/mol. The van der Waals surface area contributed by atoms with Crippen LogP contribution in [-0.2, 0) is 23.4 Å². The molecule has 0 unspecified atom stereocenters. The maximum atomic E-state index is 12.5. The van der Waals surface area contributed by atoms with Gasteiger partial charge in [-0.2, -0.15) is 0 Å². The van der Waals surface area contributed by atoms with Gasteiger partial charge in [-0.25, -0.2) is 4.79 Å². The van der Waals surface area contributed by atoms with Gasteiger partial charge in [-0.3, -0.25) is 10.1 Å². The minimum absolute atomic E-state index is 0.0496. The number of aliphatic hydroxyl groups is 1. The Balaban J connectivity index is 2.41. The zero-order valence-electron chi connectivity index (χ0n) is 22.1. The van der Waals surface area contributed by atoms with Crippen molar-refractivity contribution in [3.63, 3.8) is 0 Å². The SMILES string of the molecule is CC[Si](CC)(CC)O[C@@]12C#C/C=C\C#C[C@H](O)C(=C(NC(=O)OC)C3(C1)OCCO3)/C2=C\CSC(C)=O. The maximum absolute atomic E-state index is 12.5. The van der Waals surface area contributed by atoms with E-state index in [1.54, 1.807) is 12.2 Å². The summed E-state index contributed by atoms with van der Waals surface area (Å²) in [6, 6.07) is 2.58. The lowest BCUT2D eigenvalue weighted by atomic mass is 9.73. The Bertz CT molecular complexity index is 1100. The second-order valence-corrected chi connectivity index (χ2v) is 14.8. The molecule has 1 spiro atoms. The molecule has 1 aliphatic heterocycles. The number of hydrogen-bond acceptors (Lipinski definition) is 8. The molecule has 3 aliphatic rings. The normalized spacial score (nSPS) is 26.1. The molecule has 2 N–H and O–H groups in total. The highest BCUT2D eigenvalue weighted by molar-refractivity contribution is 8.13. The second-order valence-electron chi connectivity index (χ2n) is 8.92. The van der Waals surface area contributed by atoms with Gasteiger partial charge in [0.1, 0.15) is 11.7 Å². The Kier molecular flexibility index (Phi) is 9.87. The van der Waals surface area contributed by atoms with Crippen LogP contribution in [0.3, 0.4) is 0 Å². The number of carbonyl (C=O) groups excluding carboxylic acids is 2. The van der Waals surface area contributed by atoms with E-state index in [4.69, 9.17) is 18.6 Å². The zero-order valence-corrected chi connectivity index (χ0v) is 23.9. The molecule has 0 aromatic rings. The summed E-state index contributed by atoms with van der Waals surface area (Å²) >= 11 is 1.13. The van der Waals surface area contributed by atoms with Crippen molar-refractivity contribution < 1.29 is 33.3 Å². The number of hydrogen-bond donors (Lipinski definition) is 2. The first kappa shape index (κ1) is 29.2. The molecule has 2 bridgehead atoms. The number of nitrogens with one attached hydrogen (secondary N) is 1. The number of ether oxygens (including phenoxy) is 3. The van der Waals surface area contributed by atoms with E-state index in [0.29, 0.717) is 11.3 Å². The van der Waals surface area contributed by atoms with Crippen molar-refractivity contribution in [3.8, 4) is 23.7 Å². The monoisotopic (exact) mass is 545 g/mol. The summed E-state index contributed by atoms with van der Waals surface area (Å²) in [6.45, 7) is 8.43. The zero-order chi connectivity index (χ0) is 27.1. The summed E-state index contributed by atoms with van der Waals surface area (Å²) in [5.74, 6) is 10.9. The lowest BCUT2D eigenvalue weighted by Gasteiger charge is -2.49. The average Bonchev–Trinajstić information content (AvgIpc) is 3.35. The molecule has 0 aromatic heterocycles. The summed E-state index contributed by atoms with van der Waals surface area (Å²) in [7, 11) is -1.07. The Hall–Kier alpha value is -2.31. The molecule has 200 valence electrons. The van der Waals surface area contributed by atoms with Crippen molar-refractivity contribution in [1.29, 1.82) is 0 Å². The number of carbonyl (C=O) groups is 2. The third kappa shape index (κ3) is 6.23. The van der Waals surface area contributed by atoms with Gasteiger partial charge < -0.3 is 23.7 Å². The minimum Gasteiger partial charge on any atom is -0.453 e. The first-order valence-electron chi connectivity index (χ1n) is 12.5. The van der Waals surface area contributed by atoms with Crippen LogP contribution in [0.5, 0.6) is 0 Å². The van der Waals surface area contributed by atoms with Crippen molar-refractivity contribution in [2.24, 2.45) is 0 Å². The number of amides is 1. The van der Waals surface area contributed by atoms with Crippen molar-refractivity contribution in [3.05, 3.63) is 35.1 Å². The summed E-state index contributed by atoms with van der Waals surface area (Å²) in [6.07, 6.45) is 3.08. The molecule has 37 heavy (non-hydrogen) atoms. The summed E-state index contributed by atoms with van der Waals surface area (Å²) < 4.78 is 24.4. The number of fused-ring (bicyclic) bond motifs is 2. The van der Waals surface area contributed by atoms with Crippen molar-refractivity contribution in [1.82, 2.24) is 5.32 Å². The molecule has 1 amide bonds. The highest BCUT2D eigenvalue weighted by Crippen LogP contribution is 2.51. The van der Waals surface area contributed by atoms with Crippen LogP contribution in [-0.4, -0.2) is 68.2 Å². The van der Waals surface area contributed by atoms with Crippen LogP contribution in [0.2, 0.25) is 18.1 Å². The van der Waals surface area contributed by atoms with Gasteiger partial charge in [-0.1, -0.05) is 62.3 Å². The first-order valence-corrected chi connectivity index (χ1v) is 16.0. The fourth-order valence-corrected chi connectivity index (χ4v) is 8.28. The predicted octanol–water partition coefficient (Wildman–Crippen LogP) is 3.65.